The van der Waals surface area contributed by atoms with Crippen molar-refractivity contribution in [1.82, 2.24) is 4.90 Å². The second kappa shape index (κ2) is 5.65. The van der Waals surface area contributed by atoms with Gasteiger partial charge >= 0.3 is 0 Å². The third-order valence-electron chi connectivity index (χ3n) is 4.26. The van der Waals surface area contributed by atoms with Gasteiger partial charge in [-0.25, -0.2) is 0 Å². The molecule has 0 bridgehead atoms. The number of hydrogen-bond acceptors (Lipinski definition) is 4. The topological polar surface area (TPSA) is 58.7 Å². The van der Waals surface area contributed by atoms with Crippen molar-refractivity contribution < 1.29 is 9.84 Å². The molecule has 0 aromatic heterocycles. The Bertz CT molecular complexity index is 248. The van der Waals surface area contributed by atoms with Gasteiger partial charge in [0.15, 0.2) is 0 Å². The average molecular weight is 242 g/mol. The van der Waals surface area contributed by atoms with E-state index in [9.17, 15) is 5.11 Å². The molecule has 3 N–H and O–H groups in total. The summed E-state index contributed by atoms with van der Waals surface area (Å²) in [5.41, 5.74) is 5.81. The molecule has 2 aliphatic rings. The standard InChI is InChI=1S/C13H26N2O2/c1-2-17-12-4-3-7-15(9-12)11-5-6-13(14,8-11)10-16/h11-12,16H,2-10,14H2,1H3. The highest BCUT2D eigenvalue weighted by atomic mass is 16.5. The average Bonchev–Trinajstić information content (AvgIpc) is 2.74. The molecule has 1 saturated carbocycles. The number of piperidine rings is 1. The van der Waals surface area contributed by atoms with Crippen molar-refractivity contribution in [3.05, 3.63) is 0 Å². The minimum absolute atomic E-state index is 0.117. The molecule has 1 saturated heterocycles. The molecule has 0 amide bonds. The largest absolute Gasteiger partial charge is 0.394 e. The molecule has 0 radical (unpaired) electrons. The lowest BCUT2D eigenvalue weighted by atomic mass is 9.99. The zero-order valence-electron chi connectivity index (χ0n) is 10.9. The van der Waals surface area contributed by atoms with Crippen molar-refractivity contribution in [3.8, 4) is 0 Å². The summed E-state index contributed by atoms with van der Waals surface area (Å²) in [6.45, 7) is 5.19. The molecule has 1 heterocycles. The van der Waals surface area contributed by atoms with Gasteiger partial charge < -0.3 is 15.6 Å². The SMILES string of the molecule is CCOC1CCCN(C2CCC(N)(CO)C2)C1. The third-order valence-corrected chi connectivity index (χ3v) is 4.26. The number of aliphatic hydroxyl groups excluding tert-OH is 1. The van der Waals surface area contributed by atoms with Crippen LogP contribution in [0.2, 0.25) is 0 Å². The maximum absolute atomic E-state index is 9.31. The molecule has 2 fully saturated rings. The van der Waals surface area contributed by atoms with E-state index >= 15 is 0 Å². The summed E-state index contributed by atoms with van der Waals surface area (Å²) in [5, 5.41) is 9.31. The summed E-state index contributed by atoms with van der Waals surface area (Å²) in [4.78, 5) is 2.52. The molecule has 1 aliphatic heterocycles. The number of aliphatic hydroxyl groups is 1. The normalized spacial score (nSPS) is 39.7. The van der Waals surface area contributed by atoms with Gasteiger partial charge in [0.05, 0.1) is 12.7 Å². The molecule has 4 nitrogen and oxygen atoms in total. The maximum Gasteiger partial charge on any atom is 0.0702 e. The minimum Gasteiger partial charge on any atom is -0.394 e. The van der Waals surface area contributed by atoms with Crippen LogP contribution in [0.4, 0.5) is 0 Å². The molecular formula is C13H26N2O2. The molecule has 0 spiro atoms. The van der Waals surface area contributed by atoms with E-state index in [0.717, 1.165) is 39.0 Å². The van der Waals surface area contributed by atoms with Crippen LogP contribution in [-0.4, -0.2) is 54.0 Å². The fourth-order valence-corrected chi connectivity index (χ4v) is 3.25. The molecule has 100 valence electrons. The maximum atomic E-state index is 9.31. The number of likely N-dealkylation sites (tertiary alicyclic amines) is 1. The molecule has 0 aromatic carbocycles. The van der Waals surface area contributed by atoms with Crippen molar-refractivity contribution in [2.45, 2.75) is 56.7 Å². The summed E-state index contributed by atoms with van der Waals surface area (Å²) in [5.74, 6) is 0. The van der Waals surface area contributed by atoms with E-state index < -0.39 is 0 Å². The van der Waals surface area contributed by atoms with Gasteiger partial charge in [0.2, 0.25) is 0 Å². The minimum atomic E-state index is -0.330. The second-order valence-corrected chi connectivity index (χ2v) is 5.63. The lowest BCUT2D eigenvalue weighted by Crippen LogP contribution is -2.47. The number of nitrogens with zero attached hydrogens (tertiary/aromatic N) is 1. The number of nitrogens with two attached hydrogens (primary N) is 1. The van der Waals surface area contributed by atoms with Crippen LogP contribution < -0.4 is 5.73 Å². The molecule has 3 atom stereocenters. The van der Waals surface area contributed by atoms with Crippen LogP contribution in [0.3, 0.4) is 0 Å². The predicted molar refractivity (Wildman–Crippen MR) is 67.9 cm³/mol. The zero-order valence-corrected chi connectivity index (χ0v) is 10.9. The van der Waals surface area contributed by atoms with Crippen molar-refractivity contribution in [1.29, 1.82) is 0 Å². The quantitative estimate of drug-likeness (QED) is 0.763. The van der Waals surface area contributed by atoms with E-state index in [1.165, 1.54) is 12.8 Å². The highest BCUT2D eigenvalue weighted by molar-refractivity contribution is 4.97. The first-order valence-corrected chi connectivity index (χ1v) is 6.92. The Hall–Kier alpha value is -0.160. The zero-order chi connectivity index (χ0) is 12.3. The van der Waals surface area contributed by atoms with E-state index in [-0.39, 0.29) is 12.1 Å². The van der Waals surface area contributed by atoms with Gasteiger partial charge in [0.1, 0.15) is 0 Å². The van der Waals surface area contributed by atoms with E-state index in [1.807, 2.05) is 0 Å². The van der Waals surface area contributed by atoms with Gasteiger partial charge in [0.25, 0.3) is 0 Å². The van der Waals surface area contributed by atoms with Crippen LogP contribution in [0.5, 0.6) is 0 Å². The number of rotatable bonds is 4. The van der Waals surface area contributed by atoms with Gasteiger partial charge in [-0.3, -0.25) is 4.90 Å². The Kier molecular flexibility index (Phi) is 4.42. The van der Waals surface area contributed by atoms with Crippen LogP contribution >= 0.6 is 0 Å². The highest BCUT2D eigenvalue weighted by Crippen LogP contribution is 2.32. The smallest absolute Gasteiger partial charge is 0.0702 e. The highest BCUT2D eigenvalue weighted by Gasteiger charge is 2.39. The summed E-state index contributed by atoms with van der Waals surface area (Å²) in [7, 11) is 0. The van der Waals surface area contributed by atoms with Gasteiger partial charge in [-0.05, 0) is 45.6 Å². The van der Waals surface area contributed by atoms with Gasteiger partial charge in [-0.2, -0.15) is 0 Å². The van der Waals surface area contributed by atoms with Crippen LogP contribution in [0, 0.1) is 0 Å². The Balaban J connectivity index is 1.86. The van der Waals surface area contributed by atoms with Crippen LogP contribution in [-0.2, 0) is 4.74 Å². The first kappa shape index (κ1) is 13.3. The fraction of sp³-hybridized carbons (Fsp3) is 1.00. The summed E-state index contributed by atoms with van der Waals surface area (Å²) < 4.78 is 5.73. The Morgan fingerprint density at radius 3 is 2.94 bits per heavy atom. The molecule has 0 aromatic rings. The molecule has 4 heteroatoms. The lowest BCUT2D eigenvalue weighted by molar-refractivity contribution is -0.00757. The molecule has 17 heavy (non-hydrogen) atoms. The van der Waals surface area contributed by atoms with E-state index in [2.05, 4.69) is 11.8 Å². The van der Waals surface area contributed by atoms with Gasteiger partial charge in [0, 0.05) is 24.7 Å². The van der Waals surface area contributed by atoms with Crippen molar-refractivity contribution >= 4 is 0 Å². The first-order chi connectivity index (χ1) is 8.17. The van der Waals surface area contributed by atoms with Crippen LogP contribution in [0.1, 0.15) is 39.0 Å². The monoisotopic (exact) mass is 242 g/mol. The van der Waals surface area contributed by atoms with E-state index in [4.69, 9.17) is 10.5 Å². The van der Waals surface area contributed by atoms with E-state index in [1.54, 1.807) is 0 Å². The summed E-state index contributed by atoms with van der Waals surface area (Å²) in [6.07, 6.45) is 5.81. The molecule has 1 aliphatic carbocycles. The summed E-state index contributed by atoms with van der Waals surface area (Å²) in [6, 6.07) is 0.551. The Morgan fingerprint density at radius 2 is 2.29 bits per heavy atom. The number of ether oxygens (including phenoxy) is 1. The van der Waals surface area contributed by atoms with Gasteiger partial charge in [-0.15, -0.1) is 0 Å². The first-order valence-electron chi connectivity index (χ1n) is 6.92. The summed E-state index contributed by atoms with van der Waals surface area (Å²) >= 11 is 0. The van der Waals surface area contributed by atoms with Crippen molar-refractivity contribution in [2.24, 2.45) is 5.73 Å². The van der Waals surface area contributed by atoms with E-state index in [0.29, 0.717) is 12.1 Å². The van der Waals surface area contributed by atoms with Crippen LogP contribution in [0.25, 0.3) is 0 Å². The molecule has 2 rings (SSSR count). The van der Waals surface area contributed by atoms with Crippen molar-refractivity contribution in [3.63, 3.8) is 0 Å². The second-order valence-electron chi connectivity index (χ2n) is 5.63. The van der Waals surface area contributed by atoms with Crippen molar-refractivity contribution in [2.75, 3.05) is 26.3 Å². The third kappa shape index (κ3) is 3.19. The van der Waals surface area contributed by atoms with Gasteiger partial charge in [-0.1, -0.05) is 0 Å². The number of hydrogen-bond donors (Lipinski definition) is 2. The molecular weight excluding hydrogens is 216 g/mol. The molecule has 3 unspecified atom stereocenters. The fourth-order valence-electron chi connectivity index (χ4n) is 3.25. The Morgan fingerprint density at radius 1 is 1.47 bits per heavy atom. The lowest BCUT2D eigenvalue weighted by Gasteiger charge is -2.37. The Labute approximate surface area is 104 Å². The predicted octanol–water partition coefficient (Wildman–Crippen LogP) is 0.730. The van der Waals surface area contributed by atoms with Crippen LogP contribution in [0.15, 0.2) is 0 Å².